The number of hydrogen-bond acceptors (Lipinski definition) is 6. The Morgan fingerprint density at radius 2 is 1.84 bits per heavy atom. The maximum atomic E-state index is 12.5. The van der Waals surface area contributed by atoms with Crippen molar-refractivity contribution in [2.24, 2.45) is 5.73 Å². The van der Waals surface area contributed by atoms with Crippen LogP contribution in [0.1, 0.15) is 12.5 Å². The van der Waals surface area contributed by atoms with Crippen LogP contribution in [-0.4, -0.2) is 57.0 Å². The Morgan fingerprint density at radius 3 is 2.40 bits per heavy atom. The minimum atomic E-state index is -3.55. The second-order valence-corrected chi connectivity index (χ2v) is 7.34. The second-order valence-electron chi connectivity index (χ2n) is 5.40. The van der Waals surface area contributed by atoms with Crippen molar-refractivity contribution >= 4 is 28.0 Å². The van der Waals surface area contributed by atoms with Gasteiger partial charge >= 0.3 is 5.97 Å². The minimum absolute atomic E-state index is 0.177. The first-order chi connectivity index (χ1) is 11.8. The van der Waals surface area contributed by atoms with Gasteiger partial charge in [0.15, 0.2) is 6.10 Å². The smallest absolute Gasteiger partial charge is 0.331 e. The largest absolute Gasteiger partial charge is 0.449 e. The molecule has 9 heteroatoms. The number of amides is 1. The van der Waals surface area contributed by atoms with E-state index in [1.165, 1.54) is 29.4 Å². The van der Waals surface area contributed by atoms with Crippen LogP contribution in [0.2, 0.25) is 0 Å². The van der Waals surface area contributed by atoms with Gasteiger partial charge in [-0.25, -0.2) is 13.2 Å². The van der Waals surface area contributed by atoms with Crippen LogP contribution >= 0.6 is 0 Å². The third kappa shape index (κ3) is 5.12. The highest BCUT2D eigenvalue weighted by molar-refractivity contribution is 7.89. The van der Waals surface area contributed by atoms with E-state index in [9.17, 15) is 18.0 Å². The molecule has 0 unspecified atom stereocenters. The summed E-state index contributed by atoms with van der Waals surface area (Å²) in [6, 6.07) is 6.10. The Labute approximate surface area is 146 Å². The summed E-state index contributed by atoms with van der Waals surface area (Å²) in [5, 5.41) is 0. The SMILES string of the molecule is C[C@H](OC(=O)/C=C/c1ccc(S(=O)(=O)N2CCOCC2)cc1)C(N)=O. The maximum Gasteiger partial charge on any atom is 0.331 e. The molecular formula is C16H20N2O6S. The lowest BCUT2D eigenvalue weighted by atomic mass is 10.2. The van der Waals surface area contributed by atoms with Crippen LogP contribution in [0.15, 0.2) is 35.2 Å². The lowest BCUT2D eigenvalue weighted by Gasteiger charge is -2.26. The summed E-state index contributed by atoms with van der Waals surface area (Å²) >= 11 is 0. The molecule has 1 aliphatic heterocycles. The quantitative estimate of drug-likeness (QED) is 0.564. The summed E-state index contributed by atoms with van der Waals surface area (Å²) in [6.07, 6.45) is 1.59. The molecule has 1 fully saturated rings. The van der Waals surface area contributed by atoms with Crippen molar-refractivity contribution in [1.29, 1.82) is 0 Å². The molecule has 1 atom stereocenters. The number of nitrogens with two attached hydrogens (primary N) is 1. The van der Waals surface area contributed by atoms with E-state index in [-0.39, 0.29) is 4.90 Å². The lowest BCUT2D eigenvalue weighted by Crippen LogP contribution is -2.40. The summed E-state index contributed by atoms with van der Waals surface area (Å²) < 4.78 is 36.3. The first-order valence-corrected chi connectivity index (χ1v) is 9.10. The average molecular weight is 368 g/mol. The topological polar surface area (TPSA) is 116 Å². The van der Waals surface area contributed by atoms with E-state index in [1.54, 1.807) is 12.1 Å². The van der Waals surface area contributed by atoms with Gasteiger partial charge < -0.3 is 15.2 Å². The van der Waals surface area contributed by atoms with Gasteiger partial charge in [-0.3, -0.25) is 4.79 Å². The fourth-order valence-corrected chi connectivity index (χ4v) is 3.53. The van der Waals surface area contributed by atoms with Gasteiger partial charge in [0.2, 0.25) is 10.0 Å². The number of nitrogens with zero attached hydrogens (tertiary/aromatic N) is 1. The van der Waals surface area contributed by atoms with Crippen molar-refractivity contribution in [1.82, 2.24) is 4.31 Å². The van der Waals surface area contributed by atoms with Gasteiger partial charge in [-0.2, -0.15) is 4.31 Å². The lowest BCUT2D eigenvalue weighted by molar-refractivity contribution is -0.148. The van der Waals surface area contributed by atoms with Crippen LogP contribution in [0.3, 0.4) is 0 Å². The normalized spacial score (nSPS) is 17.3. The second kappa shape index (κ2) is 8.24. The molecule has 8 nitrogen and oxygen atoms in total. The molecule has 136 valence electrons. The standard InChI is InChI=1S/C16H20N2O6S/c1-12(16(17)20)24-15(19)7-4-13-2-5-14(6-3-13)25(21,22)18-8-10-23-11-9-18/h2-7,12H,8-11H2,1H3,(H2,17,20)/b7-4+/t12-/m0/s1. The molecule has 1 aromatic rings. The molecule has 1 amide bonds. The summed E-state index contributed by atoms with van der Waals surface area (Å²) in [7, 11) is -3.55. The molecule has 1 aromatic carbocycles. The summed E-state index contributed by atoms with van der Waals surface area (Å²) in [5.41, 5.74) is 5.62. The molecule has 1 aliphatic rings. The molecule has 0 aromatic heterocycles. The van der Waals surface area contributed by atoms with Crippen LogP contribution in [-0.2, 0) is 29.1 Å². The van der Waals surface area contributed by atoms with Crippen molar-refractivity contribution in [3.05, 3.63) is 35.9 Å². The number of primary amides is 1. The highest BCUT2D eigenvalue weighted by Crippen LogP contribution is 2.18. The Morgan fingerprint density at radius 1 is 1.24 bits per heavy atom. The number of carbonyl (C=O) groups excluding carboxylic acids is 2. The van der Waals surface area contributed by atoms with Crippen LogP contribution in [0.5, 0.6) is 0 Å². The van der Waals surface area contributed by atoms with E-state index in [4.69, 9.17) is 15.2 Å². The number of hydrogen-bond donors (Lipinski definition) is 1. The van der Waals surface area contributed by atoms with Crippen molar-refractivity contribution in [3.8, 4) is 0 Å². The number of benzene rings is 1. The van der Waals surface area contributed by atoms with E-state index in [0.717, 1.165) is 6.08 Å². The predicted molar refractivity (Wildman–Crippen MR) is 89.8 cm³/mol. The molecule has 0 bridgehead atoms. The van der Waals surface area contributed by atoms with E-state index in [2.05, 4.69) is 0 Å². The number of esters is 1. The number of morpholine rings is 1. The zero-order valence-electron chi connectivity index (χ0n) is 13.8. The molecule has 2 N–H and O–H groups in total. The van der Waals surface area contributed by atoms with Crippen LogP contribution in [0.25, 0.3) is 6.08 Å². The molecule has 0 saturated carbocycles. The van der Waals surface area contributed by atoms with Gasteiger partial charge in [0.25, 0.3) is 5.91 Å². The number of ether oxygens (including phenoxy) is 2. The van der Waals surface area contributed by atoms with Crippen LogP contribution in [0, 0.1) is 0 Å². The van der Waals surface area contributed by atoms with Gasteiger partial charge in [0.05, 0.1) is 18.1 Å². The zero-order valence-corrected chi connectivity index (χ0v) is 14.6. The van der Waals surface area contributed by atoms with Gasteiger partial charge in [0, 0.05) is 19.2 Å². The molecule has 25 heavy (non-hydrogen) atoms. The summed E-state index contributed by atoms with van der Waals surface area (Å²) in [6.45, 7) is 2.79. The number of sulfonamides is 1. The Hall–Kier alpha value is -2.23. The van der Waals surface area contributed by atoms with E-state index in [1.807, 2.05) is 0 Å². The molecule has 0 aliphatic carbocycles. The van der Waals surface area contributed by atoms with E-state index < -0.39 is 28.0 Å². The van der Waals surface area contributed by atoms with Crippen LogP contribution in [0.4, 0.5) is 0 Å². The third-order valence-electron chi connectivity index (χ3n) is 3.59. The molecule has 1 heterocycles. The Balaban J connectivity index is 2.03. The fourth-order valence-electron chi connectivity index (χ4n) is 2.12. The monoisotopic (exact) mass is 368 g/mol. The molecule has 2 rings (SSSR count). The van der Waals surface area contributed by atoms with Crippen molar-refractivity contribution in [3.63, 3.8) is 0 Å². The van der Waals surface area contributed by atoms with Crippen molar-refractivity contribution in [2.45, 2.75) is 17.9 Å². The highest BCUT2D eigenvalue weighted by Gasteiger charge is 2.25. The molecule has 1 saturated heterocycles. The molecule has 0 spiro atoms. The van der Waals surface area contributed by atoms with Gasteiger partial charge in [-0.15, -0.1) is 0 Å². The predicted octanol–water partition coefficient (Wildman–Crippen LogP) is 0.138. The molecular weight excluding hydrogens is 348 g/mol. The van der Waals surface area contributed by atoms with Crippen molar-refractivity contribution < 1.29 is 27.5 Å². The summed E-state index contributed by atoms with van der Waals surface area (Å²) in [4.78, 5) is 22.5. The summed E-state index contributed by atoms with van der Waals surface area (Å²) in [5.74, 6) is -1.45. The third-order valence-corrected chi connectivity index (χ3v) is 5.51. The maximum absolute atomic E-state index is 12.5. The first kappa shape index (κ1) is 19.1. The fraction of sp³-hybridized carbons (Fsp3) is 0.375. The van der Waals surface area contributed by atoms with Crippen molar-refractivity contribution in [2.75, 3.05) is 26.3 Å². The highest BCUT2D eigenvalue weighted by atomic mass is 32.2. The van der Waals surface area contributed by atoms with E-state index in [0.29, 0.717) is 31.9 Å². The Bertz CT molecular complexity index is 751. The first-order valence-electron chi connectivity index (χ1n) is 7.66. The Kier molecular flexibility index (Phi) is 6.29. The minimum Gasteiger partial charge on any atom is -0.449 e. The molecule has 0 radical (unpaired) electrons. The number of rotatable bonds is 6. The number of carbonyl (C=O) groups is 2. The van der Waals surface area contributed by atoms with Gasteiger partial charge in [-0.1, -0.05) is 12.1 Å². The van der Waals surface area contributed by atoms with Gasteiger partial charge in [0.1, 0.15) is 0 Å². The van der Waals surface area contributed by atoms with Crippen LogP contribution < -0.4 is 5.73 Å². The average Bonchev–Trinajstić information content (AvgIpc) is 2.61. The van der Waals surface area contributed by atoms with E-state index >= 15 is 0 Å². The van der Waals surface area contributed by atoms with Gasteiger partial charge in [-0.05, 0) is 30.7 Å². The zero-order chi connectivity index (χ0) is 18.4.